The topological polar surface area (TPSA) is 68.3 Å². The molecule has 0 unspecified atom stereocenters. The number of fused-ring (bicyclic) bond motifs is 1. The van der Waals surface area contributed by atoms with Gasteiger partial charge < -0.3 is 10.1 Å². The Labute approximate surface area is 148 Å². The highest BCUT2D eigenvalue weighted by molar-refractivity contribution is 7.13. The Kier molecular flexibility index (Phi) is 5.20. The molecule has 0 saturated heterocycles. The third-order valence-corrected chi connectivity index (χ3v) is 4.28. The maximum atomic E-state index is 12.1. The van der Waals surface area contributed by atoms with Crippen LogP contribution in [0.15, 0.2) is 59.4 Å². The fraction of sp³-hybridized carbons (Fsp3) is 0.105. The molecule has 1 heterocycles. The largest absolute Gasteiger partial charge is 0.497 e. The minimum atomic E-state index is -0.224. The van der Waals surface area contributed by atoms with E-state index in [4.69, 9.17) is 4.74 Å². The second kappa shape index (κ2) is 7.72. The second-order valence-corrected chi connectivity index (χ2v) is 6.22. The first kappa shape index (κ1) is 16.9. The van der Waals surface area contributed by atoms with Crippen LogP contribution < -0.4 is 14.8 Å². The van der Waals surface area contributed by atoms with Crippen molar-refractivity contribution in [3.05, 3.63) is 69.7 Å². The lowest BCUT2D eigenvalue weighted by molar-refractivity contribution is -0.115. The first-order valence-electron chi connectivity index (χ1n) is 7.66. The van der Waals surface area contributed by atoms with E-state index in [1.165, 1.54) is 0 Å². The third-order valence-electron chi connectivity index (χ3n) is 3.49. The molecule has 0 aliphatic heterocycles. The Morgan fingerprint density at radius 1 is 1.24 bits per heavy atom. The molecule has 6 heteroatoms. The summed E-state index contributed by atoms with van der Waals surface area (Å²) < 4.78 is 5.04. The third kappa shape index (κ3) is 4.30. The molecular formula is C19H16N2O3S. The summed E-state index contributed by atoms with van der Waals surface area (Å²) in [6, 6.07) is 14.6. The van der Waals surface area contributed by atoms with E-state index in [0.717, 1.165) is 22.6 Å². The lowest BCUT2D eigenvalue weighted by Crippen LogP contribution is -2.12. The summed E-state index contributed by atoms with van der Waals surface area (Å²) in [6.07, 6.45) is 3.79. The maximum Gasteiger partial charge on any atom is 0.245 e. The van der Waals surface area contributed by atoms with E-state index in [1.807, 2.05) is 36.4 Å². The molecule has 25 heavy (non-hydrogen) atoms. The van der Waals surface area contributed by atoms with Gasteiger partial charge in [0.1, 0.15) is 5.75 Å². The molecule has 0 spiro atoms. The second-order valence-electron chi connectivity index (χ2n) is 5.25. The van der Waals surface area contributed by atoms with Gasteiger partial charge in [-0.2, -0.15) is 0 Å². The summed E-state index contributed by atoms with van der Waals surface area (Å²) in [7, 11) is 1.61. The minimum absolute atomic E-state index is 0.118. The van der Waals surface area contributed by atoms with Crippen molar-refractivity contribution in [2.24, 2.45) is 0 Å². The molecule has 0 aliphatic carbocycles. The highest BCUT2D eigenvalue weighted by Gasteiger charge is 2.06. The Hall–Kier alpha value is -2.99. The van der Waals surface area contributed by atoms with Crippen LogP contribution in [0.4, 0.5) is 5.13 Å². The van der Waals surface area contributed by atoms with Crippen LogP contribution in [0.25, 0.3) is 17.0 Å². The van der Waals surface area contributed by atoms with Crippen LogP contribution in [0.5, 0.6) is 5.75 Å². The molecule has 0 atom stereocenters. The van der Waals surface area contributed by atoms with E-state index in [0.29, 0.717) is 16.0 Å². The van der Waals surface area contributed by atoms with Crippen LogP contribution in [0.3, 0.4) is 0 Å². The molecule has 0 fully saturated rings. The van der Waals surface area contributed by atoms with Crippen molar-refractivity contribution in [3.8, 4) is 5.75 Å². The van der Waals surface area contributed by atoms with Gasteiger partial charge in [-0.1, -0.05) is 47.8 Å². The number of methoxy groups -OCH3 is 1. The molecule has 0 bridgehead atoms. The van der Waals surface area contributed by atoms with Gasteiger partial charge in [0.2, 0.25) is 10.6 Å². The molecule has 126 valence electrons. The first-order chi connectivity index (χ1) is 12.2. The minimum Gasteiger partial charge on any atom is -0.497 e. The Balaban J connectivity index is 1.66. The summed E-state index contributed by atoms with van der Waals surface area (Å²) in [5.74, 6) is 0.536. The number of benzene rings is 2. The van der Waals surface area contributed by atoms with Crippen molar-refractivity contribution >= 4 is 39.4 Å². The van der Waals surface area contributed by atoms with E-state index in [2.05, 4.69) is 10.3 Å². The molecule has 3 rings (SSSR count). The number of hydrogen-bond donors (Lipinski definition) is 1. The molecular weight excluding hydrogens is 336 g/mol. The standard InChI is InChI=1S/C19H16N2O3S/c1-24-14-8-4-6-13(12-14)7-5-11-17(22)21-19-20-16-10-3-2-9-15(16)18(23)25-19/h2-10,12H,11H2,1H3,(H,20,21,22)/b7-5+. The summed E-state index contributed by atoms with van der Waals surface area (Å²) in [5.41, 5.74) is 1.52. The summed E-state index contributed by atoms with van der Waals surface area (Å²) >= 11 is 0.931. The zero-order valence-corrected chi connectivity index (χ0v) is 14.4. The van der Waals surface area contributed by atoms with E-state index < -0.39 is 0 Å². The Bertz CT molecular complexity index is 995. The van der Waals surface area contributed by atoms with Gasteiger partial charge in [0.25, 0.3) is 0 Å². The van der Waals surface area contributed by atoms with E-state index in [-0.39, 0.29) is 17.1 Å². The van der Waals surface area contributed by atoms with Crippen LogP contribution in [-0.2, 0) is 4.79 Å². The predicted molar refractivity (Wildman–Crippen MR) is 101 cm³/mol. The number of carbonyl (C=O) groups is 1. The molecule has 1 aromatic heterocycles. The van der Waals surface area contributed by atoms with Gasteiger partial charge in [-0.05, 0) is 29.8 Å². The van der Waals surface area contributed by atoms with E-state index in [1.54, 1.807) is 31.4 Å². The molecule has 2 aromatic carbocycles. The van der Waals surface area contributed by atoms with Crippen molar-refractivity contribution < 1.29 is 9.53 Å². The predicted octanol–water partition coefficient (Wildman–Crippen LogP) is 3.71. The molecule has 0 aliphatic rings. The van der Waals surface area contributed by atoms with Crippen molar-refractivity contribution in [1.82, 2.24) is 4.98 Å². The molecule has 5 nitrogen and oxygen atoms in total. The van der Waals surface area contributed by atoms with Gasteiger partial charge in [-0.3, -0.25) is 9.59 Å². The molecule has 1 N–H and O–H groups in total. The summed E-state index contributed by atoms with van der Waals surface area (Å²) in [5, 5.41) is 3.54. The number of nitrogens with one attached hydrogen (secondary N) is 1. The molecule has 1 amide bonds. The highest BCUT2D eigenvalue weighted by Crippen LogP contribution is 2.16. The fourth-order valence-corrected chi connectivity index (χ4v) is 3.06. The van der Waals surface area contributed by atoms with Crippen LogP contribution in [0.2, 0.25) is 0 Å². The van der Waals surface area contributed by atoms with Gasteiger partial charge in [0, 0.05) is 6.42 Å². The quantitative estimate of drug-likeness (QED) is 0.760. The normalized spacial score (nSPS) is 10.9. The Morgan fingerprint density at radius 2 is 2.08 bits per heavy atom. The van der Waals surface area contributed by atoms with Gasteiger partial charge in [-0.15, -0.1) is 0 Å². The number of hydrogen-bond acceptors (Lipinski definition) is 5. The van der Waals surface area contributed by atoms with Crippen LogP contribution in [0, 0.1) is 0 Å². The zero-order valence-electron chi connectivity index (χ0n) is 13.6. The molecule has 3 aromatic rings. The molecule has 0 radical (unpaired) electrons. The average molecular weight is 352 g/mol. The van der Waals surface area contributed by atoms with Crippen LogP contribution >= 0.6 is 11.3 Å². The van der Waals surface area contributed by atoms with Gasteiger partial charge >= 0.3 is 0 Å². The number of rotatable bonds is 5. The summed E-state index contributed by atoms with van der Waals surface area (Å²) in [4.78, 5) is 28.4. The smallest absolute Gasteiger partial charge is 0.245 e. The monoisotopic (exact) mass is 352 g/mol. The van der Waals surface area contributed by atoms with E-state index >= 15 is 0 Å². The van der Waals surface area contributed by atoms with Gasteiger partial charge in [-0.25, -0.2) is 4.98 Å². The number of anilines is 1. The maximum absolute atomic E-state index is 12.1. The van der Waals surface area contributed by atoms with Crippen molar-refractivity contribution in [3.63, 3.8) is 0 Å². The number of nitrogens with zero attached hydrogens (tertiary/aromatic N) is 1. The van der Waals surface area contributed by atoms with Crippen LogP contribution in [0.1, 0.15) is 12.0 Å². The average Bonchev–Trinajstić information content (AvgIpc) is 2.62. The lowest BCUT2D eigenvalue weighted by atomic mass is 10.2. The summed E-state index contributed by atoms with van der Waals surface area (Å²) in [6.45, 7) is 0. The van der Waals surface area contributed by atoms with Crippen molar-refractivity contribution in [1.29, 1.82) is 0 Å². The zero-order chi connectivity index (χ0) is 17.6. The Morgan fingerprint density at radius 3 is 2.92 bits per heavy atom. The van der Waals surface area contributed by atoms with E-state index in [9.17, 15) is 9.59 Å². The number of amides is 1. The number of ether oxygens (including phenoxy) is 1. The SMILES string of the molecule is COc1cccc(/C=C/CC(=O)Nc2nc3ccccc3c(=O)s2)c1. The number of aromatic nitrogens is 1. The van der Waals surface area contributed by atoms with Gasteiger partial charge in [0.15, 0.2) is 5.13 Å². The first-order valence-corrected chi connectivity index (χ1v) is 8.48. The molecule has 0 saturated carbocycles. The van der Waals surface area contributed by atoms with Crippen LogP contribution in [-0.4, -0.2) is 18.0 Å². The fourth-order valence-electron chi connectivity index (χ4n) is 2.29. The lowest BCUT2D eigenvalue weighted by Gasteiger charge is -2.03. The van der Waals surface area contributed by atoms with Crippen molar-refractivity contribution in [2.75, 3.05) is 12.4 Å². The highest BCUT2D eigenvalue weighted by atomic mass is 32.1. The van der Waals surface area contributed by atoms with Crippen molar-refractivity contribution in [2.45, 2.75) is 6.42 Å². The number of carbonyl (C=O) groups excluding carboxylic acids is 1. The number of para-hydroxylation sites is 1. The van der Waals surface area contributed by atoms with Gasteiger partial charge in [0.05, 0.1) is 18.0 Å².